The summed E-state index contributed by atoms with van der Waals surface area (Å²) in [5.74, 6) is -0.629. The molecule has 1 aromatic heterocycles. The number of nitrogens with zero attached hydrogens (tertiary/aromatic N) is 1. The van der Waals surface area contributed by atoms with Gasteiger partial charge >= 0.3 is 6.09 Å². The predicted molar refractivity (Wildman–Crippen MR) is 134 cm³/mol. The van der Waals surface area contributed by atoms with E-state index in [0.29, 0.717) is 28.1 Å². The molecule has 0 aliphatic rings. The minimum absolute atomic E-state index is 0.0298. The lowest BCUT2D eigenvalue weighted by Crippen LogP contribution is -2.27. The molecule has 0 spiro atoms. The highest BCUT2D eigenvalue weighted by Gasteiger charge is 2.17. The topological polar surface area (TPSA) is 130 Å². The first-order valence-corrected chi connectivity index (χ1v) is 11.7. The Kier molecular flexibility index (Phi) is 8.83. The lowest BCUT2D eigenvalue weighted by Gasteiger charge is -2.18. The molecule has 36 heavy (non-hydrogen) atoms. The van der Waals surface area contributed by atoms with Crippen molar-refractivity contribution in [2.45, 2.75) is 27.0 Å². The van der Waals surface area contributed by atoms with E-state index in [2.05, 4.69) is 26.6 Å². The molecule has 2 aromatic carbocycles. The summed E-state index contributed by atoms with van der Waals surface area (Å²) < 4.78 is 21.1. The van der Waals surface area contributed by atoms with Gasteiger partial charge in [0.15, 0.2) is 0 Å². The normalized spacial score (nSPS) is 10.7. The molecule has 9 nitrogen and oxygen atoms in total. The second-order valence-corrected chi connectivity index (χ2v) is 8.74. The van der Waals surface area contributed by atoms with E-state index in [4.69, 9.17) is 14.9 Å². The van der Waals surface area contributed by atoms with Gasteiger partial charge in [-0.05, 0) is 70.7 Å². The Balaban J connectivity index is 1.92. The van der Waals surface area contributed by atoms with Crippen molar-refractivity contribution in [3.8, 4) is 11.4 Å². The molecule has 0 radical (unpaired) electrons. The molecule has 0 saturated heterocycles. The molecule has 0 unspecified atom stereocenters. The van der Waals surface area contributed by atoms with Gasteiger partial charge in [-0.2, -0.15) is 0 Å². The van der Waals surface area contributed by atoms with Crippen LogP contribution >= 0.6 is 15.9 Å². The molecule has 3 rings (SSSR count). The number of carbonyl (C=O) groups is 2. The van der Waals surface area contributed by atoms with Gasteiger partial charge in [-0.1, -0.05) is 12.1 Å². The molecule has 0 bridgehead atoms. The van der Waals surface area contributed by atoms with Gasteiger partial charge in [-0.3, -0.25) is 14.2 Å². The van der Waals surface area contributed by atoms with Gasteiger partial charge in [-0.25, -0.2) is 9.18 Å². The van der Waals surface area contributed by atoms with Crippen molar-refractivity contribution in [3.05, 3.63) is 91.1 Å². The van der Waals surface area contributed by atoms with Crippen LogP contribution in [0.25, 0.3) is 5.69 Å². The van der Waals surface area contributed by atoms with Crippen LogP contribution in [0.2, 0.25) is 0 Å². The third-order valence-electron chi connectivity index (χ3n) is 5.39. The number of amides is 2. The summed E-state index contributed by atoms with van der Waals surface area (Å²) in [6.45, 7) is 3.33. The van der Waals surface area contributed by atoms with Crippen molar-refractivity contribution in [1.82, 2.24) is 15.2 Å². The van der Waals surface area contributed by atoms with Crippen LogP contribution in [-0.2, 0) is 13.2 Å². The molecule has 4 N–H and O–H groups in total. The van der Waals surface area contributed by atoms with E-state index in [-0.39, 0.29) is 42.4 Å². The van der Waals surface area contributed by atoms with Crippen LogP contribution in [0.5, 0.6) is 5.75 Å². The number of carboxylic acid groups (broad SMARTS) is 1. The van der Waals surface area contributed by atoms with Crippen LogP contribution in [0.15, 0.2) is 51.7 Å². The third kappa shape index (κ3) is 6.29. The first kappa shape index (κ1) is 26.9. The number of aryl methyl sites for hydroxylation is 2. The fraction of sp³-hybridized carbons (Fsp3) is 0.240. The second kappa shape index (κ2) is 11.8. The fourth-order valence-electron chi connectivity index (χ4n) is 3.58. The molecule has 0 aliphatic heterocycles. The third-order valence-corrected chi connectivity index (χ3v) is 6.12. The average Bonchev–Trinajstić information content (AvgIpc) is 2.84. The number of aliphatic hydroxyl groups excluding tert-OH is 1. The maximum Gasteiger partial charge on any atom is 0.404 e. The number of hydrogen-bond donors (Lipinski definition) is 4. The number of ether oxygens (including phenoxy) is 1. The summed E-state index contributed by atoms with van der Waals surface area (Å²) in [5.41, 5.74) is 2.71. The zero-order chi connectivity index (χ0) is 26.4. The maximum absolute atomic E-state index is 13.7. The summed E-state index contributed by atoms with van der Waals surface area (Å²) in [4.78, 5) is 36.5. The number of aromatic nitrogens is 1. The summed E-state index contributed by atoms with van der Waals surface area (Å²) in [6, 6.07) is 10.6. The van der Waals surface area contributed by atoms with E-state index in [1.165, 1.54) is 22.8 Å². The van der Waals surface area contributed by atoms with Gasteiger partial charge in [0.25, 0.3) is 11.5 Å². The highest BCUT2D eigenvalue weighted by Crippen LogP contribution is 2.27. The fourth-order valence-corrected chi connectivity index (χ4v) is 3.98. The van der Waals surface area contributed by atoms with E-state index < -0.39 is 17.5 Å². The first-order chi connectivity index (χ1) is 17.1. The van der Waals surface area contributed by atoms with Crippen molar-refractivity contribution in [2.75, 3.05) is 13.2 Å². The van der Waals surface area contributed by atoms with Crippen LogP contribution in [0.1, 0.15) is 32.7 Å². The SMILES string of the molecule is Cc1ccc(C(=O)NCCO)cc1-n1c(C)cc(OCc2ccc(F)cc2CNC(=O)O)c(Br)c1=O. The van der Waals surface area contributed by atoms with Crippen LogP contribution in [0, 0.1) is 19.7 Å². The number of carbonyl (C=O) groups excluding carboxylic acids is 1. The van der Waals surface area contributed by atoms with Crippen molar-refractivity contribution in [2.24, 2.45) is 0 Å². The van der Waals surface area contributed by atoms with Crippen molar-refractivity contribution in [3.63, 3.8) is 0 Å². The smallest absolute Gasteiger partial charge is 0.404 e. The Morgan fingerprint density at radius 1 is 1.08 bits per heavy atom. The molecule has 0 saturated carbocycles. The second-order valence-electron chi connectivity index (χ2n) is 7.95. The molecule has 3 aromatic rings. The largest absolute Gasteiger partial charge is 0.487 e. The Labute approximate surface area is 214 Å². The first-order valence-electron chi connectivity index (χ1n) is 10.9. The molecule has 0 fully saturated rings. The molecule has 0 atom stereocenters. The van der Waals surface area contributed by atoms with Gasteiger partial charge in [0.2, 0.25) is 0 Å². The zero-order valence-corrected chi connectivity index (χ0v) is 21.2. The van der Waals surface area contributed by atoms with Gasteiger partial charge in [0.05, 0.1) is 12.3 Å². The molecular weight excluding hydrogens is 537 g/mol. The van der Waals surface area contributed by atoms with Crippen molar-refractivity contribution >= 4 is 27.9 Å². The molecule has 190 valence electrons. The average molecular weight is 562 g/mol. The van der Waals surface area contributed by atoms with E-state index >= 15 is 0 Å². The highest BCUT2D eigenvalue weighted by molar-refractivity contribution is 9.10. The Morgan fingerprint density at radius 2 is 1.83 bits per heavy atom. The van der Waals surface area contributed by atoms with Crippen LogP contribution < -0.4 is 20.9 Å². The summed E-state index contributed by atoms with van der Waals surface area (Å²) in [7, 11) is 0. The summed E-state index contributed by atoms with van der Waals surface area (Å²) in [5, 5.41) is 22.6. The van der Waals surface area contributed by atoms with Crippen molar-refractivity contribution < 1.29 is 28.9 Å². The Morgan fingerprint density at radius 3 is 2.53 bits per heavy atom. The Bertz CT molecular complexity index is 1360. The van der Waals surface area contributed by atoms with E-state index in [9.17, 15) is 18.8 Å². The van der Waals surface area contributed by atoms with Crippen molar-refractivity contribution in [1.29, 1.82) is 0 Å². The summed E-state index contributed by atoms with van der Waals surface area (Å²) >= 11 is 3.31. The lowest BCUT2D eigenvalue weighted by atomic mass is 10.1. The standard InChI is InChI=1S/C25H25BrFN3O6/c1-14-3-4-16(23(32)28-7-8-31)11-20(14)30-15(2)9-21(22(26)24(30)33)36-13-17-5-6-19(27)10-18(17)12-29-25(34)35/h3-6,9-11,29,31H,7-8,12-13H2,1-2H3,(H,28,32)(H,34,35). The van der Waals surface area contributed by atoms with Crippen LogP contribution in [-0.4, -0.2) is 39.9 Å². The zero-order valence-electron chi connectivity index (χ0n) is 19.6. The number of rotatable bonds is 9. The minimum Gasteiger partial charge on any atom is -0.487 e. The Hall–Kier alpha value is -3.70. The maximum atomic E-state index is 13.7. The van der Waals surface area contributed by atoms with Crippen LogP contribution in [0.4, 0.5) is 9.18 Å². The van der Waals surface area contributed by atoms with Gasteiger partial charge in [0.1, 0.15) is 22.6 Å². The molecule has 11 heteroatoms. The van der Waals surface area contributed by atoms with Gasteiger partial charge < -0.3 is 25.6 Å². The van der Waals surface area contributed by atoms with Gasteiger partial charge in [-0.15, -0.1) is 0 Å². The number of nitrogens with one attached hydrogen (secondary N) is 2. The molecule has 1 heterocycles. The van der Waals surface area contributed by atoms with Gasteiger partial charge in [0, 0.05) is 30.4 Å². The monoisotopic (exact) mass is 561 g/mol. The number of pyridine rings is 1. The molecule has 0 aliphatic carbocycles. The van der Waals surface area contributed by atoms with Crippen LogP contribution in [0.3, 0.4) is 0 Å². The highest BCUT2D eigenvalue weighted by atomic mass is 79.9. The van der Waals surface area contributed by atoms with E-state index in [0.717, 1.165) is 5.56 Å². The molecular formula is C25H25BrFN3O6. The summed E-state index contributed by atoms with van der Waals surface area (Å²) in [6.07, 6.45) is -1.24. The van der Waals surface area contributed by atoms with E-state index in [1.807, 2.05) is 6.92 Å². The number of halogens is 2. The molecule has 2 amide bonds. The predicted octanol–water partition coefficient (Wildman–Crippen LogP) is 3.42. The number of aliphatic hydroxyl groups is 1. The number of benzene rings is 2. The van der Waals surface area contributed by atoms with E-state index in [1.54, 1.807) is 31.2 Å². The quantitative estimate of drug-likeness (QED) is 0.316. The number of hydrogen-bond acceptors (Lipinski definition) is 5. The lowest BCUT2D eigenvalue weighted by molar-refractivity contribution is 0.0944. The minimum atomic E-state index is -1.24.